The molecule has 3 rings (SSSR count). The van der Waals surface area contributed by atoms with Gasteiger partial charge in [0.1, 0.15) is 0 Å². The number of likely N-dealkylation sites (tertiary alicyclic amines) is 1. The lowest BCUT2D eigenvalue weighted by molar-refractivity contribution is -0.136. The molecule has 5 nitrogen and oxygen atoms in total. The summed E-state index contributed by atoms with van der Waals surface area (Å²) in [6.45, 7) is 7.50. The van der Waals surface area contributed by atoms with Crippen molar-refractivity contribution in [2.24, 2.45) is 0 Å². The van der Waals surface area contributed by atoms with Gasteiger partial charge < -0.3 is 10.2 Å². The van der Waals surface area contributed by atoms with Gasteiger partial charge >= 0.3 is 0 Å². The Morgan fingerprint density at radius 3 is 2.95 bits per heavy atom. The van der Waals surface area contributed by atoms with Gasteiger partial charge in [0, 0.05) is 37.6 Å². The predicted molar refractivity (Wildman–Crippen MR) is 79.7 cm³/mol. The van der Waals surface area contributed by atoms with E-state index < -0.39 is 0 Å². The Bertz CT molecular complexity index is 469. The zero-order valence-corrected chi connectivity index (χ0v) is 12.8. The van der Waals surface area contributed by atoms with Crippen LogP contribution in [0.4, 0.5) is 0 Å². The van der Waals surface area contributed by atoms with Crippen molar-refractivity contribution in [3.05, 3.63) is 16.1 Å². The molecule has 0 saturated carbocycles. The molecule has 0 aromatic carbocycles. The number of thiazole rings is 1. The molecule has 1 unspecified atom stereocenters. The standard InChI is InChI=1S/C14H22N4OS/c1-11-13(20-10-16-11)9-18-6-2-3-12(18)14(19)17-7-4-15-5-8-17/h10,12,15H,2-9H2,1H3. The molecule has 3 heterocycles. The second-order valence-electron chi connectivity index (χ2n) is 5.56. The van der Waals surface area contributed by atoms with Crippen LogP contribution in [-0.4, -0.2) is 59.5 Å². The van der Waals surface area contributed by atoms with E-state index >= 15 is 0 Å². The maximum atomic E-state index is 12.7. The number of nitrogens with zero attached hydrogens (tertiary/aromatic N) is 3. The van der Waals surface area contributed by atoms with Crippen LogP contribution in [0.1, 0.15) is 23.4 Å². The third-order valence-corrected chi connectivity index (χ3v) is 5.19. The highest BCUT2D eigenvalue weighted by atomic mass is 32.1. The summed E-state index contributed by atoms with van der Waals surface area (Å²) >= 11 is 1.70. The maximum absolute atomic E-state index is 12.7. The topological polar surface area (TPSA) is 48.5 Å². The van der Waals surface area contributed by atoms with Gasteiger partial charge in [-0.15, -0.1) is 11.3 Å². The van der Waals surface area contributed by atoms with Crippen molar-refractivity contribution in [1.29, 1.82) is 0 Å². The van der Waals surface area contributed by atoms with E-state index in [1.807, 2.05) is 10.4 Å². The number of aromatic nitrogens is 1. The first-order valence-electron chi connectivity index (χ1n) is 7.38. The minimum absolute atomic E-state index is 0.0783. The van der Waals surface area contributed by atoms with E-state index in [4.69, 9.17) is 0 Å². The number of rotatable bonds is 3. The van der Waals surface area contributed by atoms with Crippen LogP contribution in [0.2, 0.25) is 0 Å². The zero-order valence-electron chi connectivity index (χ0n) is 12.0. The fourth-order valence-electron chi connectivity index (χ4n) is 3.05. The van der Waals surface area contributed by atoms with Crippen molar-refractivity contribution in [2.45, 2.75) is 32.4 Å². The van der Waals surface area contributed by atoms with Crippen LogP contribution in [0.3, 0.4) is 0 Å². The van der Waals surface area contributed by atoms with Gasteiger partial charge in [-0.3, -0.25) is 9.69 Å². The lowest BCUT2D eigenvalue weighted by atomic mass is 10.1. The van der Waals surface area contributed by atoms with Gasteiger partial charge in [-0.25, -0.2) is 4.98 Å². The molecule has 1 aromatic rings. The summed E-state index contributed by atoms with van der Waals surface area (Å²) in [5.74, 6) is 0.325. The van der Waals surface area contributed by atoms with Gasteiger partial charge in [0.05, 0.1) is 17.2 Å². The van der Waals surface area contributed by atoms with Crippen molar-refractivity contribution in [2.75, 3.05) is 32.7 Å². The fourth-order valence-corrected chi connectivity index (χ4v) is 3.86. The van der Waals surface area contributed by atoms with Crippen molar-refractivity contribution in [3.63, 3.8) is 0 Å². The summed E-state index contributed by atoms with van der Waals surface area (Å²) in [4.78, 5) is 22.6. The van der Waals surface area contributed by atoms with E-state index in [0.29, 0.717) is 5.91 Å². The molecule has 0 aliphatic carbocycles. The van der Waals surface area contributed by atoms with E-state index in [-0.39, 0.29) is 6.04 Å². The molecule has 1 atom stereocenters. The molecule has 110 valence electrons. The Labute approximate surface area is 124 Å². The summed E-state index contributed by atoms with van der Waals surface area (Å²) in [7, 11) is 0. The number of carbonyl (C=O) groups is 1. The second-order valence-corrected chi connectivity index (χ2v) is 6.50. The molecule has 1 N–H and O–H groups in total. The second kappa shape index (κ2) is 6.20. The predicted octanol–water partition coefficient (Wildman–Crippen LogP) is 0.848. The largest absolute Gasteiger partial charge is 0.339 e. The Morgan fingerprint density at radius 2 is 2.25 bits per heavy atom. The zero-order chi connectivity index (χ0) is 13.9. The molecule has 0 spiro atoms. The van der Waals surface area contributed by atoms with Gasteiger partial charge in [0.2, 0.25) is 5.91 Å². The molecule has 0 radical (unpaired) electrons. The van der Waals surface area contributed by atoms with Gasteiger partial charge in [-0.1, -0.05) is 0 Å². The molecule has 2 saturated heterocycles. The fraction of sp³-hybridized carbons (Fsp3) is 0.714. The van der Waals surface area contributed by atoms with Crippen LogP contribution in [0, 0.1) is 6.92 Å². The van der Waals surface area contributed by atoms with Crippen molar-refractivity contribution in [3.8, 4) is 0 Å². The minimum Gasteiger partial charge on any atom is -0.339 e. The summed E-state index contributed by atoms with van der Waals surface area (Å²) in [5, 5.41) is 3.30. The first kappa shape index (κ1) is 14.0. The third-order valence-electron chi connectivity index (χ3n) is 4.27. The molecule has 20 heavy (non-hydrogen) atoms. The van der Waals surface area contributed by atoms with Crippen molar-refractivity contribution < 1.29 is 4.79 Å². The van der Waals surface area contributed by atoms with E-state index in [1.165, 1.54) is 4.88 Å². The number of hydrogen-bond donors (Lipinski definition) is 1. The smallest absolute Gasteiger partial charge is 0.240 e. The number of aryl methyl sites for hydroxylation is 1. The van der Waals surface area contributed by atoms with E-state index in [9.17, 15) is 4.79 Å². The third kappa shape index (κ3) is 2.87. The first-order valence-corrected chi connectivity index (χ1v) is 8.26. The Morgan fingerprint density at radius 1 is 1.45 bits per heavy atom. The van der Waals surface area contributed by atoms with E-state index in [1.54, 1.807) is 11.3 Å². The molecular weight excluding hydrogens is 272 g/mol. The van der Waals surface area contributed by atoms with Crippen LogP contribution < -0.4 is 5.32 Å². The molecule has 2 aliphatic heterocycles. The normalized spacial score (nSPS) is 24.2. The van der Waals surface area contributed by atoms with Gasteiger partial charge in [-0.05, 0) is 26.3 Å². The monoisotopic (exact) mass is 294 g/mol. The van der Waals surface area contributed by atoms with Crippen LogP contribution in [0.15, 0.2) is 5.51 Å². The molecule has 1 aromatic heterocycles. The highest BCUT2D eigenvalue weighted by molar-refractivity contribution is 7.09. The van der Waals surface area contributed by atoms with Crippen LogP contribution >= 0.6 is 11.3 Å². The number of hydrogen-bond acceptors (Lipinski definition) is 5. The Kier molecular flexibility index (Phi) is 4.33. The SMILES string of the molecule is Cc1ncsc1CN1CCCC1C(=O)N1CCNCC1. The quantitative estimate of drug-likeness (QED) is 0.898. The van der Waals surface area contributed by atoms with E-state index in [2.05, 4.69) is 22.1 Å². The van der Waals surface area contributed by atoms with Gasteiger partial charge in [-0.2, -0.15) is 0 Å². The first-order chi connectivity index (χ1) is 9.75. The average Bonchev–Trinajstić information content (AvgIpc) is 3.09. The van der Waals surface area contributed by atoms with Crippen LogP contribution in [0.25, 0.3) is 0 Å². The molecule has 2 fully saturated rings. The molecule has 0 bridgehead atoms. The van der Waals surface area contributed by atoms with Crippen LogP contribution in [-0.2, 0) is 11.3 Å². The van der Waals surface area contributed by atoms with Crippen LogP contribution in [0.5, 0.6) is 0 Å². The summed E-state index contributed by atoms with van der Waals surface area (Å²) < 4.78 is 0. The summed E-state index contributed by atoms with van der Waals surface area (Å²) in [6.07, 6.45) is 2.13. The minimum atomic E-state index is 0.0783. The number of carbonyl (C=O) groups excluding carboxylic acids is 1. The maximum Gasteiger partial charge on any atom is 0.240 e. The van der Waals surface area contributed by atoms with Crippen molar-refractivity contribution >= 4 is 17.2 Å². The Balaban J connectivity index is 1.65. The molecule has 6 heteroatoms. The number of amides is 1. The number of piperazine rings is 1. The van der Waals surface area contributed by atoms with Gasteiger partial charge in [0.25, 0.3) is 0 Å². The summed E-state index contributed by atoms with van der Waals surface area (Å²) in [5.41, 5.74) is 3.00. The Hall–Kier alpha value is -0.980. The summed E-state index contributed by atoms with van der Waals surface area (Å²) in [6, 6.07) is 0.0783. The highest BCUT2D eigenvalue weighted by Crippen LogP contribution is 2.24. The lowest BCUT2D eigenvalue weighted by Gasteiger charge is -2.32. The highest BCUT2D eigenvalue weighted by Gasteiger charge is 2.34. The number of nitrogens with one attached hydrogen (secondary N) is 1. The molecule has 2 aliphatic rings. The molecule has 1 amide bonds. The van der Waals surface area contributed by atoms with Crippen molar-refractivity contribution in [1.82, 2.24) is 20.1 Å². The van der Waals surface area contributed by atoms with E-state index in [0.717, 1.165) is 57.8 Å². The average molecular weight is 294 g/mol. The molecular formula is C14H22N4OS. The lowest BCUT2D eigenvalue weighted by Crippen LogP contribution is -2.52. The van der Waals surface area contributed by atoms with Gasteiger partial charge in [0.15, 0.2) is 0 Å².